The number of halogens is 3. The molecule has 0 spiro atoms. The van der Waals surface area contributed by atoms with Crippen LogP contribution in [0.15, 0.2) is 5.10 Å². The summed E-state index contributed by atoms with van der Waals surface area (Å²) in [6.07, 6.45) is -3.76. The van der Waals surface area contributed by atoms with Crippen LogP contribution >= 0.6 is 0 Å². The summed E-state index contributed by atoms with van der Waals surface area (Å²) in [5.74, 6) is 0.203. The number of hydrogen-bond acceptors (Lipinski definition) is 3. The fourth-order valence-corrected chi connectivity index (χ4v) is 1.39. The number of hydrogen-bond donors (Lipinski definition) is 0. The van der Waals surface area contributed by atoms with Crippen LogP contribution in [0.5, 0.6) is 0 Å². The van der Waals surface area contributed by atoms with E-state index in [2.05, 4.69) is 5.10 Å². The second kappa shape index (κ2) is 3.67. The summed E-state index contributed by atoms with van der Waals surface area (Å²) in [6, 6.07) is 0. The molecule has 3 nitrogen and oxygen atoms in total. The maximum absolute atomic E-state index is 12.4. The first-order valence-electron chi connectivity index (χ1n) is 4.44. The molecule has 0 radical (unpaired) electrons. The molecule has 1 atom stereocenters. The van der Waals surface area contributed by atoms with Crippen LogP contribution in [0.4, 0.5) is 13.2 Å². The molecule has 1 aliphatic heterocycles. The minimum absolute atomic E-state index is 0.203. The zero-order chi connectivity index (χ0) is 10.9. The Balaban J connectivity index is 2.71. The molecule has 0 bridgehead atoms. The smallest absolute Gasteiger partial charge is 0.276 e. The van der Waals surface area contributed by atoms with Gasteiger partial charge < -0.3 is 0 Å². The second-order valence-electron chi connectivity index (χ2n) is 3.79. The molecule has 0 aromatic heterocycles. The minimum Gasteiger partial charge on any atom is -0.276 e. The SMILES string of the molecule is CC(C)CC1N(C)N=CN1C(F)(F)F. The predicted molar refractivity (Wildman–Crippen MR) is 47.4 cm³/mol. The molecular formula is C8H14F3N3. The van der Waals surface area contributed by atoms with Gasteiger partial charge in [-0.3, -0.25) is 9.91 Å². The normalized spacial score (nSPS) is 22.6. The summed E-state index contributed by atoms with van der Waals surface area (Å²) >= 11 is 0. The first-order chi connectivity index (χ1) is 6.32. The largest absolute Gasteiger partial charge is 0.487 e. The number of hydrazone groups is 1. The van der Waals surface area contributed by atoms with Crippen molar-refractivity contribution in [2.45, 2.75) is 32.7 Å². The van der Waals surface area contributed by atoms with E-state index in [1.54, 1.807) is 7.05 Å². The van der Waals surface area contributed by atoms with Gasteiger partial charge in [-0.15, -0.1) is 13.2 Å². The van der Waals surface area contributed by atoms with Crippen LogP contribution in [-0.4, -0.2) is 35.8 Å². The Morgan fingerprint density at radius 3 is 2.43 bits per heavy atom. The monoisotopic (exact) mass is 209 g/mol. The van der Waals surface area contributed by atoms with Crippen molar-refractivity contribution in [2.75, 3.05) is 7.05 Å². The quantitative estimate of drug-likeness (QED) is 0.648. The van der Waals surface area contributed by atoms with E-state index < -0.39 is 12.5 Å². The molecule has 0 saturated carbocycles. The molecule has 82 valence electrons. The predicted octanol–water partition coefficient (Wildman–Crippen LogP) is 2.07. The van der Waals surface area contributed by atoms with Gasteiger partial charge in [-0.05, 0) is 12.3 Å². The van der Waals surface area contributed by atoms with Crippen molar-refractivity contribution in [3.63, 3.8) is 0 Å². The summed E-state index contributed by atoms with van der Waals surface area (Å²) in [4.78, 5) is 0.340. The van der Waals surface area contributed by atoms with E-state index in [0.29, 0.717) is 11.3 Å². The standard InChI is InChI=1S/C8H14F3N3/c1-6(2)4-7-13(3)12-5-14(7)8(9,10)11/h5-7H,4H2,1-3H3. The summed E-state index contributed by atoms with van der Waals surface area (Å²) < 4.78 is 37.3. The molecule has 1 aliphatic rings. The molecule has 1 unspecified atom stereocenters. The lowest BCUT2D eigenvalue weighted by molar-refractivity contribution is -0.235. The Hall–Kier alpha value is -0.940. The Kier molecular flexibility index (Phi) is 2.92. The van der Waals surface area contributed by atoms with Crippen molar-refractivity contribution < 1.29 is 13.2 Å². The van der Waals surface area contributed by atoms with Crippen LogP contribution in [0.2, 0.25) is 0 Å². The Labute approximate surface area is 81.2 Å². The summed E-state index contributed by atoms with van der Waals surface area (Å²) in [7, 11) is 1.55. The third-order valence-corrected chi connectivity index (χ3v) is 2.09. The van der Waals surface area contributed by atoms with Gasteiger partial charge in [0, 0.05) is 7.05 Å². The van der Waals surface area contributed by atoms with Crippen LogP contribution in [0, 0.1) is 5.92 Å². The molecule has 1 heterocycles. The van der Waals surface area contributed by atoms with Gasteiger partial charge in [-0.25, -0.2) is 0 Å². The van der Waals surface area contributed by atoms with Crippen molar-refractivity contribution in [1.29, 1.82) is 0 Å². The molecular weight excluding hydrogens is 195 g/mol. The highest BCUT2D eigenvalue weighted by Gasteiger charge is 2.44. The first-order valence-corrected chi connectivity index (χ1v) is 4.44. The molecule has 0 aromatic carbocycles. The molecule has 14 heavy (non-hydrogen) atoms. The summed E-state index contributed by atoms with van der Waals surface area (Å²) in [5.41, 5.74) is 0. The third-order valence-electron chi connectivity index (χ3n) is 2.09. The van der Waals surface area contributed by atoms with Crippen LogP contribution in [0.1, 0.15) is 20.3 Å². The van der Waals surface area contributed by atoms with Gasteiger partial charge in [0.2, 0.25) is 0 Å². The number of nitrogens with zero attached hydrogens (tertiary/aromatic N) is 3. The molecule has 0 amide bonds. The zero-order valence-corrected chi connectivity index (χ0v) is 8.41. The molecule has 0 aromatic rings. The molecule has 0 aliphatic carbocycles. The Bertz CT molecular complexity index is 224. The highest BCUT2D eigenvalue weighted by atomic mass is 19.4. The van der Waals surface area contributed by atoms with Crippen LogP contribution in [-0.2, 0) is 0 Å². The highest BCUT2D eigenvalue weighted by Crippen LogP contribution is 2.29. The fraction of sp³-hybridized carbons (Fsp3) is 0.875. The van der Waals surface area contributed by atoms with Crippen LogP contribution < -0.4 is 0 Å². The molecule has 1 rings (SSSR count). The van der Waals surface area contributed by atoms with Gasteiger partial charge in [0.1, 0.15) is 12.5 Å². The maximum Gasteiger partial charge on any atom is 0.487 e. The van der Waals surface area contributed by atoms with Crippen molar-refractivity contribution >= 4 is 6.34 Å². The lowest BCUT2D eigenvalue weighted by Gasteiger charge is -2.30. The third kappa shape index (κ3) is 2.30. The van der Waals surface area contributed by atoms with Gasteiger partial charge in [-0.1, -0.05) is 13.8 Å². The van der Waals surface area contributed by atoms with Crippen LogP contribution in [0.3, 0.4) is 0 Å². The summed E-state index contributed by atoms with van der Waals surface area (Å²) in [6.45, 7) is 3.78. The van der Waals surface area contributed by atoms with Crippen molar-refractivity contribution in [3.05, 3.63) is 0 Å². The average molecular weight is 209 g/mol. The van der Waals surface area contributed by atoms with Crippen molar-refractivity contribution in [1.82, 2.24) is 9.91 Å². The molecule has 0 fully saturated rings. The van der Waals surface area contributed by atoms with Gasteiger partial charge in [-0.2, -0.15) is 5.10 Å². The molecule has 0 N–H and O–H groups in total. The average Bonchev–Trinajstić information content (AvgIpc) is 2.30. The second-order valence-corrected chi connectivity index (χ2v) is 3.79. The van der Waals surface area contributed by atoms with E-state index in [1.807, 2.05) is 13.8 Å². The minimum atomic E-state index is -4.34. The van der Waals surface area contributed by atoms with E-state index in [0.717, 1.165) is 6.34 Å². The van der Waals surface area contributed by atoms with E-state index in [1.165, 1.54) is 5.01 Å². The van der Waals surface area contributed by atoms with E-state index in [4.69, 9.17) is 0 Å². The van der Waals surface area contributed by atoms with E-state index >= 15 is 0 Å². The van der Waals surface area contributed by atoms with Gasteiger partial charge >= 0.3 is 6.30 Å². The van der Waals surface area contributed by atoms with Crippen molar-refractivity contribution in [2.24, 2.45) is 11.0 Å². The molecule has 0 saturated heterocycles. The Morgan fingerprint density at radius 2 is 2.00 bits per heavy atom. The first kappa shape index (κ1) is 11.1. The number of alkyl halides is 3. The van der Waals surface area contributed by atoms with E-state index in [9.17, 15) is 13.2 Å². The van der Waals surface area contributed by atoms with Gasteiger partial charge in [0.25, 0.3) is 0 Å². The van der Waals surface area contributed by atoms with Gasteiger partial charge in [0.05, 0.1) is 0 Å². The lowest BCUT2D eigenvalue weighted by atomic mass is 10.1. The van der Waals surface area contributed by atoms with Crippen LogP contribution in [0.25, 0.3) is 0 Å². The lowest BCUT2D eigenvalue weighted by Crippen LogP contribution is -2.46. The maximum atomic E-state index is 12.4. The highest BCUT2D eigenvalue weighted by molar-refractivity contribution is 5.57. The van der Waals surface area contributed by atoms with Gasteiger partial charge in [0.15, 0.2) is 0 Å². The zero-order valence-electron chi connectivity index (χ0n) is 8.41. The van der Waals surface area contributed by atoms with Crippen molar-refractivity contribution in [3.8, 4) is 0 Å². The fourth-order valence-electron chi connectivity index (χ4n) is 1.39. The Morgan fingerprint density at radius 1 is 1.43 bits per heavy atom. The molecule has 6 heteroatoms. The summed E-state index contributed by atoms with van der Waals surface area (Å²) in [5, 5.41) is 4.97. The topological polar surface area (TPSA) is 18.8 Å². The van der Waals surface area contributed by atoms with E-state index in [-0.39, 0.29) is 5.92 Å². The number of rotatable bonds is 2.